The fourth-order valence-corrected chi connectivity index (χ4v) is 3.79. The normalized spacial score (nSPS) is 13.0. The number of amides is 2. The van der Waals surface area contributed by atoms with Crippen molar-refractivity contribution >= 4 is 28.8 Å². The molecule has 0 N–H and O–H groups in total. The lowest BCUT2D eigenvalue weighted by atomic mass is 10.1. The fourth-order valence-electron chi connectivity index (χ4n) is 3.79. The van der Waals surface area contributed by atoms with E-state index in [4.69, 9.17) is 4.74 Å². The Hall–Kier alpha value is -4.26. The highest BCUT2D eigenvalue weighted by atomic mass is 16.5. The van der Waals surface area contributed by atoms with Gasteiger partial charge in [-0.2, -0.15) is 0 Å². The SMILES string of the molecule is Cc1nc2cc(C(=O)OCN3C(=O)c4ccccc4C3=O)ccc2n1-c1ccccc1. The van der Waals surface area contributed by atoms with E-state index in [1.54, 1.807) is 42.5 Å². The minimum Gasteiger partial charge on any atom is -0.440 e. The van der Waals surface area contributed by atoms with Crippen molar-refractivity contribution < 1.29 is 19.1 Å². The number of imide groups is 1. The number of aryl methyl sites for hydroxylation is 1. The first-order chi connectivity index (χ1) is 15.0. The van der Waals surface area contributed by atoms with Gasteiger partial charge in [-0.1, -0.05) is 30.3 Å². The molecule has 31 heavy (non-hydrogen) atoms. The molecule has 7 nitrogen and oxygen atoms in total. The average molecular weight is 411 g/mol. The first-order valence-corrected chi connectivity index (χ1v) is 9.71. The predicted molar refractivity (Wildman–Crippen MR) is 113 cm³/mol. The van der Waals surface area contributed by atoms with Gasteiger partial charge in [-0.05, 0) is 49.4 Å². The molecule has 0 bridgehead atoms. The van der Waals surface area contributed by atoms with Gasteiger partial charge in [-0.25, -0.2) is 14.7 Å². The number of para-hydroxylation sites is 1. The van der Waals surface area contributed by atoms with Crippen molar-refractivity contribution in [3.8, 4) is 5.69 Å². The van der Waals surface area contributed by atoms with E-state index < -0.39 is 24.5 Å². The van der Waals surface area contributed by atoms with Gasteiger partial charge in [0.15, 0.2) is 6.73 Å². The van der Waals surface area contributed by atoms with E-state index in [-0.39, 0.29) is 0 Å². The summed E-state index contributed by atoms with van der Waals surface area (Å²) in [6.07, 6.45) is 0. The highest BCUT2D eigenvalue weighted by molar-refractivity contribution is 6.21. The number of hydrogen-bond acceptors (Lipinski definition) is 5. The molecule has 0 saturated heterocycles. The number of imidazole rings is 1. The van der Waals surface area contributed by atoms with Crippen molar-refractivity contribution in [3.63, 3.8) is 0 Å². The Morgan fingerprint density at radius 1 is 0.903 bits per heavy atom. The lowest BCUT2D eigenvalue weighted by molar-refractivity contribution is 0.0228. The van der Waals surface area contributed by atoms with Crippen LogP contribution in [-0.4, -0.2) is 39.0 Å². The number of hydrogen-bond donors (Lipinski definition) is 0. The summed E-state index contributed by atoms with van der Waals surface area (Å²) in [5.41, 5.74) is 3.40. The van der Waals surface area contributed by atoms with E-state index in [1.165, 1.54) is 0 Å². The second kappa shape index (κ2) is 7.21. The monoisotopic (exact) mass is 411 g/mol. The van der Waals surface area contributed by atoms with Crippen LogP contribution >= 0.6 is 0 Å². The minimum absolute atomic E-state index is 0.293. The van der Waals surface area contributed by atoms with Crippen molar-refractivity contribution in [1.29, 1.82) is 0 Å². The Bertz CT molecular complexity index is 1320. The molecule has 0 aliphatic carbocycles. The van der Waals surface area contributed by atoms with Crippen LogP contribution in [0.4, 0.5) is 0 Å². The number of rotatable bonds is 4. The molecule has 7 heteroatoms. The molecule has 0 radical (unpaired) electrons. The molecule has 0 atom stereocenters. The zero-order valence-electron chi connectivity index (χ0n) is 16.6. The zero-order chi connectivity index (χ0) is 21.5. The largest absolute Gasteiger partial charge is 0.440 e. The maximum atomic E-state index is 12.6. The quantitative estimate of drug-likeness (QED) is 0.377. The molecular formula is C24H17N3O4. The van der Waals surface area contributed by atoms with Crippen molar-refractivity contribution in [3.05, 3.63) is 95.3 Å². The smallest absolute Gasteiger partial charge is 0.339 e. The van der Waals surface area contributed by atoms with Crippen LogP contribution < -0.4 is 0 Å². The molecule has 2 amide bonds. The van der Waals surface area contributed by atoms with Crippen LogP contribution in [0.5, 0.6) is 0 Å². The summed E-state index contributed by atoms with van der Waals surface area (Å²) >= 11 is 0. The van der Waals surface area contributed by atoms with E-state index in [0.717, 1.165) is 21.9 Å². The molecule has 1 aliphatic heterocycles. The Balaban J connectivity index is 1.36. The minimum atomic E-state index is -0.634. The molecule has 3 aromatic carbocycles. The Kier molecular flexibility index (Phi) is 4.36. The highest BCUT2D eigenvalue weighted by Crippen LogP contribution is 2.24. The van der Waals surface area contributed by atoms with Gasteiger partial charge >= 0.3 is 5.97 Å². The Labute approximate surface area is 177 Å². The standard InChI is InChI=1S/C24H17N3O4/c1-15-25-20-13-16(11-12-21(20)27(15)17-7-3-2-4-8-17)24(30)31-14-26-22(28)18-9-5-6-10-19(18)23(26)29/h2-13H,14H2,1H3. The van der Waals surface area contributed by atoms with Crippen LogP contribution in [0, 0.1) is 6.92 Å². The number of esters is 1. The second-order valence-corrected chi connectivity index (χ2v) is 7.18. The van der Waals surface area contributed by atoms with Gasteiger partial charge in [0, 0.05) is 5.69 Å². The summed E-state index contributed by atoms with van der Waals surface area (Å²) in [6, 6.07) is 21.4. The van der Waals surface area contributed by atoms with Gasteiger partial charge < -0.3 is 4.74 Å². The fraction of sp³-hybridized carbons (Fsp3) is 0.0833. The van der Waals surface area contributed by atoms with Crippen LogP contribution in [0.15, 0.2) is 72.8 Å². The van der Waals surface area contributed by atoms with Crippen LogP contribution in [0.3, 0.4) is 0 Å². The molecule has 152 valence electrons. The lowest BCUT2D eigenvalue weighted by Crippen LogP contribution is -2.33. The van der Waals surface area contributed by atoms with Gasteiger partial charge in [0.25, 0.3) is 11.8 Å². The van der Waals surface area contributed by atoms with Crippen LogP contribution in [0.25, 0.3) is 16.7 Å². The zero-order valence-corrected chi connectivity index (χ0v) is 16.6. The molecular weight excluding hydrogens is 394 g/mol. The molecule has 1 aromatic heterocycles. The van der Waals surface area contributed by atoms with E-state index in [0.29, 0.717) is 22.2 Å². The molecule has 5 rings (SSSR count). The number of nitrogens with zero attached hydrogens (tertiary/aromatic N) is 3. The first kappa shape index (κ1) is 18.7. The van der Waals surface area contributed by atoms with Gasteiger partial charge in [0.1, 0.15) is 5.82 Å². The van der Waals surface area contributed by atoms with E-state index >= 15 is 0 Å². The Morgan fingerprint density at radius 2 is 1.55 bits per heavy atom. The molecule has 0 unspecified atom stereocenters. The van der Waals surface area contributed by atoms with Crippen LogP contribution in [-0.2, 0) is 4.74 Å². The number of aromatic nitrogens is 2. The number of benzene rings is 3. The van der Waals surface area contributed by atoms with Crippen molar-refractivity contribution in [2.24, 2.45) is 0 Å². The average Bonchev–Trinajstić information content (AvgIpc) is 3.25. The first-order valence-electron chi connectivity index (χ1n) is 9.71. The summed E-state index contributed by atoms with van der Waals surface area (Å²) in [4.78, 5) is 42.9. The summed E-state index contributed by atoms with van der Waals surface area (Å²) in [5, 5.41) is 0. The summed E-state index contributed by atoms with van der Waals surface area (Å²) in [7, 11) is 0. The van der Waals surface area contributed by atoms with Crippen molar-refractivity contribution in [1.82, 2.24) is 14.5 Å². The molecule has 0 fully saturated rings. The van der Waals surface area contributed by atoms with E-state index in [9.17, 15) is 14.4 Å². The van der Waals surface area contributed by atoms with Gasteiger partial charge in [0.2, 0.25) is 0 Å². The third-order valence-electron chi connectivity index (χ3n) is 5.28. The number of carbonyl (C=O) groups excluding carboxylic acids is 3. The lowest BCUT2D eigenvalue weighted by Gasteiger charge is -2.14. The van der Waals surface area contributed by atoms with Crippen molar-refractivity contribution in [2.45, 2.75) is 6.92 Å². The maximum Gasteiger partial charge on any atom is 0.339 e. The third kappa shape index (κ3) is 3.07. The highest BCUT2D eigenvalue weighted by Gasteiger charge is 2.35. The second-order valence-electron chi connectivity index (χ2n) is 7.18. The molecule has 2 heterocycles. The predicted octanol–water partition coefficient (Wildman–Crippen LogP) is 3.74. The molecule has 4 aromatic rings. The van der Waals surface area contributed by atoms with E-state index in [2.05, 4.69) is 4.98 Å². The molecule has 0 saturated carbocycles. The summed E-state index contributed by atoms with van der Waals surface area (Å²) < 4.78 is 7.27. The van der Waals surface area contributed by atoms with Crippen molar-refractivity contribution in [2.75, 3.05) is 6.73 Å². The van der Waals surface area contributed by atoms with Crippen LogP contribution in [0.1, 0.15) is 36.9 Å². The summed E-state index contributed by atoms with van der Waals surface area (Å²) in [5.74, 6) is -0.787. The number of carbonyl (C=O) groups is 3. The third-order valence-corrected chi connectivity index (χ3v) is 5.28. The van der Waals surface area contributed by atoms with Gasteiger partial charge in [0.05, 0.1) is 27.7 Å². The van der Waals surface area contributed by atoms with Gasteiger partial charge in [-0.3, -0.25) is 14.2 Å². The van der Waals surface area contributed by atoms with Crippen LogP contribution in [0.2, 0.25) is 0 Å². The number of fused-ring (bicyclic) bond motifs is 2. The maximum absolute atomic E-state index is 12.6. The van der Waals surface area contributed by atoms with E-state index in [1.807, 2.05) is 41.8 Å². The topological polar surface area (TPSA) is 81.5 Å². The molecule has 1 aliphatic rings. The molecule has 0 spiro atoms. The Morgan fingerprint density at radius 3 is 2.23 bits per heavy atom. The number of ether oxygens (including phenoxy) is 1. The van der Waals surface area contributed by atoms with Gasteiger partial charge in [-0.15, -0.1) is 0 Å². The summed E-state index contributed by atoms with van der Waals surface area (Å²) in [6.45, 7) is 1.45.